The molecule has 0 aromatic carbocycles. The lowest BCUT2D eigenvalue weighted by Gasteiger charge is -2.39. The van der Waals surface area contributed by atoms with Gasteiger partial charge in [0.2, 0.25) is 11.8 Å². The highest BCUT2D eigenvalue weighted by atomic mass is 16.5. The van der Waals surface area contributed by atoms with E-state index in [1.54, 1.807) is 0 Å². The average Bonchev–Trinajstić information content (AvgIpc) is 3.19. The average molecular weight is 266 g/mol. The molecule has 3 aliphatic rings. The van der Waals surface area contributed by atoms with Crippen LogP contribution in [-0.4, -0.2) is 42.0 Å². The van der Waals surface area contributed by atoms with Crippen LogP contribution in [0, 0.1) is 11.3 Å². The summed E-state index contributed by atoms with van der Waals surface area (Å²) in [5, 5.41) is 2.33. The smallest absolute Gasteiger partial charge is 0.331 e. The summed E-state index contributed by atoms with van der Waals surface area (Å²) in [5.41, 5.74) is -0.937. The number of rotatable bonds is 2. The third kappa shape index (κ3) is 1.85. The summed E-state index contributed by atoms with van der Waals surface area (Å²) in [6, 6.07) is -0.742. The Kier molecular flexibility index (Phi) is 2.85. The Morgan fingerprint density at radius 2 is 1.89 bits per heavy atom. The Morgan fingerprint density at radius 3 is 2.47 bits per heavy atom. The number of ether oxygens (including phenoxy) is 1. The van der Waals surface area contributed by atoms with E-state index in [4.69, 9.17) is 4.74 Å². The molecule has 6 nitrogen and oxygen atoms in total. The van der Waals surface area contributed by atoms with Gasteiger partial charge in [0.1, 0.15) is 5.41 Å². The highest BCUT2D eigenvalue weighted by Gasteiger charge is 2.63. The predicted octanol–water partition coefficient (Wildman–Crippen LogP) is 0.660. The van der Waals surface area contributed by atoms with Crippen LogP contribution in [-0.2, 0) is 14.3 Å². The molecule has 0 aromatic heterocycles. The van der Waals surface area contributed by atoms with Crippen molar-refractivity contribution in [3.8, 4) is 0 Å². The monoisotopic (exact) mass is 266 g/mol. The molecule has 2 heterocycles. The quantitative estimate of drug-likeness (QED) is 0.745. The Morgan fingerprint density at radius 1 is 1.26 bits per heavy atom. The Bertz CT molecular complexity index is 438. The minimum absolute atomic E-state index is 0.179. The van der Waals surface area contributed by atoms with E-state index in [1.165, 1.54) is 4.90 Å². The molecule has 2 saturated heterocycles. The van der Waals surface area contributed by atoms with Gasteiger partial charge < -0.3 is 4.74 Å². The predicted molar refractivity (Wildman–Crippen MR) is 65.1 cm³/mol. The van der Waals surface area contributed by atoms with Crippen LogP contribution in [0.4, 0.5) is 4.79 Å². The van der Waals surface area contributed by atoms with Crippen molar-refractivity contribution < 1.29 is 19.1 Å². The van der Waals surface area contributed by atoms with Gasteiger partial charge in [-0.1, -0.05) is 0 Å². The van der Waals surface area contributed by atoms with Crippen molar-refractivity contribution in [2.45, 2.75) is 38.6 Å². The number of nitrogens with one attached hydrogen (secondary N) is 1. The van der Waals surface area contributed by atoms with E-state index in [2.05, 4.69) is 5.32 Å². The highest BCUT2D eigenvalue weighted by Crippen LogP contribution is 2.49. The fraction of sp³-hybridized carbons (Fsp3) is 0.769. The van der Waals surface area contributed by atoms with Gasteiger partial charge in [-0.3, -0.25) is 19.8 Å². The van der Waals surface area contributed by atoms with Crippen molar-refractivity contribution in [3.63, 3.8) is 0 Å². The van der Waals surface area contributed by atoms with E-state index in [9.17, 15) is 14.4 Å². The number of hydrogen-bond acceptors (Lipinski definition) is 4. The summed E-state index contributed by atoms with van der Waals surface area (Å²) < 4.78 is 5.30. The van der Waals surface area contributed by atoms with Crippen LogP contribution in [0.15, 0.2) is 0 Å². The molecule has 1 spiro atoms. The van der Waals surface area contributed by atoms with Crippen LogP contribution < -0.4 is 5.32 Å². The summed E-state index contributed by atoms with van der Waals surface area (Å²) in [5.74, 6) is -0.467. The number of nitrogens with zero attached hydrogens (tertiary/aromatic N) is 1. The van der Waals surface area contributed by atoms with Crippen LogP contribution in [0.5, 0.6) is 0 Å². The summed E-state index contributed by atoms with van der Waals surface area (Å²) in [7, 11) is 0. The van der Waals surface area contributed by atoms with Crippen LogP contribution in [0.25, 0.3) is 0 Å². The number of imide groups is 2. The second kappa shape index (κ2) is 4.30. The van der Waals surface area contributed by atoms with Crippen molar-refractivity contribution in [1.82, 2.24) is 10.2 Å². The van der Waals surface area contributed by atoms with Crippen molar-refractivity contribution in [2.75, 3.05) is 13.2 Å². The van der Waals surface area contributed by atoms with Crippen molar-refractivity contribution in [3.05, 3.63) is 0 Å². The maximum Gasteiger partial charge on any atom is 0.331 e. The van der Waals surface area contributed by atoms with Gasteiger partial charge >= 0.3 is 6.03 Å². The number of urea groups is 1. The molecule has 1 saturated carbocycles. The number of carbonyl (C=O) groups is 3. The third-order valence-corrected chi connectivity index (χ3v) is 4.61. The van der Waals surface area contributed by atoms with Gasteiger partial charge in [-0.25, -0.2) is 4.79 Å². The number of amides is 4. The number of barbiturate groups is 1. The minimum atomic E-state index is -0.937. The lowest BCUT2D eigenvalue weighted by atomic mass is 9.90. The van der Waals surface area contributed by atoms with Gasteiger partial charge in [0.05, 0.1) is 0 Å². The molecule has 2 aliphatic heterocycles. The molecule has 0 radical (unpaired) electrons. The number of carbonyl (C=O) groups excluding carboxylic acids is 3. The molecule has 104 valence electrons. The first-order chi connectivity index (χ1) is 9.06. The summed E-state index contributed by atoms with van der Waals surface area (Å²) in [6.07, 6.45) is 2.81. The molecule has 3 fully saturated rings. The van der Waals surface area contributed by atoms with E-state index in [0.29, 0.717) is 26.1 Å². The molecule has 19 heavy (non-hydrogen) atoms. The zero-order valence-electron chi connectivity index (χ0n) is 11.0. The van der Waals surface area contributed by atoms with Crippen molar-refractivity contribution >= 4 is 17.8 Å². The molecule has 3 rings (SSSR count). The normalized spacial score (nSPS) is 28.5. The van der Waals surface area contributed by atoms with E-state index >= 15 is 0 Å². The molecule has 1 N–H and O–H groups in total. The maximum absolute atomic E-state index is 12.4. The highest BCUT2D eigenvalue weighted by molar-refractivity contribution is 6.21. The summed E-state index contributed by atoms with van der Waals surface area (Å²) in [6.45, 7) is 3.23. The molecule has 0 aromatic rings. The molecule has 0 bridgehead atoms. The second-order valence-electron chi connectivity index (χ2n) is 5.71. The van der Waals surface area contributed by atoms with Crippen LogP contribution >= 0.6 is 0 Å². The molecule has 1 unspecified atom stereocenters. The first-order valence-corrected chi connectivity index (χ1v) is 6.83. The Labute approximate surface area is 111 Å². The van der Waals surface area contributed by atoms with Gasteiger partial charge in [0, 0.05) is 19.3 Å². The van der Waals surface area contributed by atoms with Gasteiger partial charge in [-0.05, 0) is 38.5 Å². The standard InChI is InChI=1S/C13H18N2O4/c1-8(9-2-6-19-7-3-9)15-11(17)13(4-5-13)10(16)14-12(15)18/h8-9H,2-7H2,1H3,(H,14,16,18). The van der Waals surface area contributed by atoms with Crippen LogP contribution in [0.2, 0.25) is 0 Å². The lowest BCUT2D eigenvalue weighted by molar-refractivity contribution is -0.147. The topological polar surface area (TPSA) is 75.7 Å². The van der Waals surface area contributed by atoms with Crippen molar-refractivity contribution in [2.24, 2.45) is 11.3 Å². The van der Waals surface area contributed by atoms with Crippen LogP contribution in [0.1, 0.15) is 32.6 Å². The van der Waals surface area contributed by atoms with E-state index < -0.39 is 17.4 Å². The van der Waals surface area contributed by atoms with Gasteiger partial charge in [0.25, 0.3) is 0 Å². The lowest BCUT2D eigenvalue weighted by Crippen LogP contribution is -2.62. The largest absolute Gasteiger partial charge is 0.381 e. The Balaban J connectivity index is 1.80. The first-order valence-electron chi connectivity index (χ1n) is 6.83. The fourth-order valence-electron chi connectivity index (χ4n) is 3.04. The van der Waals surface area contributed by atoms with Gasteiger partial charge in [-0.2, -0.15) is 0 Å². The minimum Gasteiger partial charge on any atom is -0.381 e. The van der Waals surface area contributed by atoms with Crippen molar-refractivity contribution in [1.29, 1.82) is 0 Å². The summed E-state index contributed by atoms with van der Waals surface area (Å²) >= 11 is 0. The van der Waals surface area contributed by atoms with E-state index in [-0.39, 0.29) is 17.9 Å². The molecular formula is C13H18N2O4. The van der Waals surface area contributed by atoms with Crippen LogP contribution in [0.3, 0.4) is 0 Å². The first kappa shape index (κ1) is 12.6. The van der Waals surface area contributed by atoms with E-state index in [0.717, 1.165) is 12.8 Å². The van der Waals surface area contributed by atoms with E-state index in [1.807, 2.05) is 6.92 Å². The SMILES string of the molecule is CC(C1CCOCC1)N1C(=O)NC(=O)C2(CC2)C1=O. The zero-order chi connectivity index (χ0) is 13.6. The maximum atomic E-state index is 12.4. The number of hydrogen-bond donors (Lipinski definition) is 1. The Hall–Kier alpha value is -1.43. The molecule has 1 aliphatic carbocycles. The third-order valence-electron chi connectivity index (χ3n) is 4.61. The molecule has 4 amide bonds. The zero-order valence-corrected chi connectivity index (χ0v) is 11.0. The summed E-state index contributed by atoms with van der Waals surface area (Å²) in [4.78, 5) is 37.4. The fourth-order valence-corrected chi connectivity index (χ4v) is 3.04. The molecular weight excluding hydrogens is 248 g/mol. The van der Waals surface area contributed by atoms with Gasteiger partial charge in [0.15, 0.2) is 0 Å². The molecule has 1 atom stereocenters. The van der Waals surface area contributed by atoms with Gasteiger partial charge in [-0.15, -0.1) is 0 Å². The molecule has 6 heteroatoms. The second-order valence-corrected chi connectivity index (χ2v) is 5.71.